The second-order valence-electron chi connectivity index (χ2n) is 5.30. The Kier molecular flexibility index (Phi) is 3.27. The molecule has 3 aromatic rings. The zero-order valence-electron chi connectivity index (χ0n) is 12.5. The summed E-state index contributed by atoms with van der Waals surface area (Å²) in [6.07, 6.45) is 2.69. The Balaban J connectivity index is 1.98. The van der Waals surface area contributed by atoms with E-state index in [1.54, 1.807) is 0 Å². The number of hydrogen-bond donors (Lipinski definition) is 3. The number of nitrogens with zero attached hydrogens (tertiary/aromatic N) is 3. The number of aromatic amines is 1. The number of nitrogens with one attached hydrogen (secondary N) is 2. The number of pyridine rings is 1. The molecule has 1 aromatic carbocycles. The van der Waals surface area contributed by atoms with Crippen LogP contribution in [0.25, 0.3) is 11.3 Å². The zero-order valence-corrected chi connectivity index (χ0v) is 12.5. The van der Waals surface area contributed by atoms with E-state index in [1.807, 2.05) is 0 Å². The Morgan fingerprint density at radius 3 is 2.64 bits per heavy atom. The van der Waals surface area contributed by atoms with E-state index in [0.29, 0.717) is 16.9 Å². The van der Waals surface area contributed by atoms with E-state index in [2.05, 4.69) is 25.5 Å². The van der Waals surface area contributed by atoms with E-state index in [4.69, 9.17) is 5.73 Å². The van der Waals surface area contributed by atoms with Gasteiger partial charge in [0.25, 0.3) is 0 Å². The largest absolute Gasteiger partial charge is 0.366 e. The van der Waals surface area contributed by atoms with Crippen molar-refractivity contribution < 1.29 is 13.6 Å². The average Bonchev–Trinajstić information content (AvgIpc) is 2.97. The quantitative estimate of drug-likeness (QED) is 0.665. The first-order chi connectivity index (χ1) is 12.0. The van der Waals surface area contributed by atoms with Gasteiger partial charge in [0.2, 0.25) is 5.91 Å². The molecule has 0 fully saturated rings. The molecule has 0 atom stereocenters. The monoisotopic (exact) mass is 340 g/mol. The highest BCUT2D eigenvalue weighted by molar-refractivity contribution is 6.13. The molecular formula is C16H10F2N6O. The van der Waals surface area contributed by atoms with Crippen molar-refractivity contribution in [2.24, 2.45) is 10.7 Å². The van der Waals surface area contributed by atoms with Gasteiger partial charge in [-0.1, -0.05) is 6.07 Å². The molecule has 7 nitrogen and oxygen atoms in total. The van der Waals surface area contributed by atoms with Crippen molar-refractivity contribution in [2.75, 3.05) is 5.32 Å². The zero-order chi connectivity index (χ0) is 17.6. The average molecular weight is 340 g/mol. The number of hydrogen-bond acceptors (Lipinski definition) is 5. The van der Waals surface area contributed by atoms with Gasteiger partial charge < -0.3 is 11.1 Å². The Hall–Kier alpha value is -3.62. The predicted octanol–water partition coefficient (Wildman–Crippen LogP) is 2.35. The number of primary amides is 1. The van der Waals surface area contributed by atoms with Gasteiger partial charge in [-0.25, -0.2) is 18.8 Å². The van der Waals surface area contributed by atoms with Crippen molar-refractivity contribution in [2.45, 2.75) is 0 Å². The maximum atomic E-state index is 14.1. The minimum Gasteiger partial charge on any atom is -0.366 e. The highest BCUT2D eigenvalue weighted by atomic mass is 19.1. The van der Waals surface area contributed by atoms with Crippen LogP contribution in [0.5, 0.6) is 0 Å². The molecule has 1 amide bonds. The smallest absolute Gasteiger partial charge is 0.250 e. The number of carbonyl (C=O) groups is 1. The number of benzene rings is 1. The number of aromatic nitrogens is 3. The van der Waals surface area contributed by atoms with Gasteiger partial charge in [-0.3, -0.25) is 9.89 Å². The molecule has 0 spiro atoms. The summed E-state index contributed by atoms with van der Waals surface area (Å²) < 4.78 is 28.3. The molecule has 1 aliphatic heterocycles. The van der Waals surface area contributed by atoms with E-state index < -0.39 is 17.5 Å². The summed E-state index contributed by atoms with van der Waals surface area (Å²) in [4.78, 5) is 19.7. The number of anilines is 1. The normalized spacial score (nSPS) is 12.5. The van der Waals surface area contributed by atoms with Crippen LogP contribution >= 0.6 is 0 Å². The standard InChI is InChI=1S/C16H10F2N6O/c17-9-2-1-3-10(18)12(9)16-22-11-6-21-24-13(11)8-4-7(14(19)25)5-20-15(8)23-16/h1-6H,(H2,19,25)(H,21,24)(H,20,22,23). The molecular weight excluding hydrogens is 330 g/mol. The van der Waals surface area contributed by atoms with E-state index in [-0.39, 0.29) is 22.8 Å². The predicted molar refractivity (Wildman–Crippen MR) is 86.5 cm³/mol. The fourth-order valence-corrected chi connectivity index (χ4v) is 2.56. The van der Waals surface area contributed by atoms with E-state index in [9.17, 15) is 13.6 Å². The van der Waals surface area contributed by atoms with Gasteiger partial charge in [0.05, 0.1) is 28.7 Å². The van der Waals surface area contributed by atoms with Crippen LogP contribution in [0.3, 0.4) is 0 Å². The number of halogens is 2. The lowest BCUT2D eigenvalue weighted by molar-refractivity contribution is 0.1000. The van der Waals surface area contributed by atoms with Crippen molar-refractivity contribution in [1.29, 1.82) is 0 Å². The number of amides is 1. The fraction of sp³-hybridized carbons (Fsp3) is 0. The Bertz CT molecular complexity index is 1020. The summed E-state index contributed by atoms with van der Waals surface area (Å²) in [5, 5.41) is 9.53. The maximum absolute atomic E-state index is 14.1. The summed E-state index contributed by atoms with van der Waals surface area (Å²) >= 11 is 0. The van der Waals surface area contributed by atoms with Crippen LogP contribution in [0.4, 0.5) is 20.3 Å². The Morgan fingerprint density at radius 2 is 1.92 bits per heavy atom. The van der Waals surface area contributed by atoms with E-state index in [1.165, 1.54) is 24.5 Å². The van der Waals surface area contributed by atoms with Gasteiger partial charge in [0.15, 0.2) is 5.82 Å². The molecule has 2 aromatic heterocycles. The number of amidine groups is 1. The van der Waals surface area contributed by atoms with Crippen LogP contribution in [0.2, 0.25) is 0 Å². The first-order valence-electron chi connectivity index (χ1n) is 7.18. The third-order valence-corrected chi connectivity index (χ3v) is 3.73. The first-order valence-corrected chi connectivity index (χ1v) is 7.18. The summed E-state index contributed by atoms with van der Waals surface area (Å²) in [6, 6.07) is 5.02. The third kappa shape index (κ3) is 2.42. The molecule has 0 saturated heterocycles. The Morgan fingerprint density at radius 1 is 1.16 bits per heavy atom. The SMILES string of the molecule is NC(=O)c1cnc2c(c1)-c1[nH]ncc1NC(c1c(F)cccc1F)=N2. The van der Waals surface area contributed by atoms with Crippen LogP contribution < -0.4 is 11.1 Å². The second-order valence-corrected chi connectivity index (χ2v) is 5.30. The lowest BCUT2D eigenvalue weighted by Gasteiger charge is -2.09. The number of H-pyrrole nitrogens is 1. The highest BCUT2D eigenvalue weighted by Crippen LogP contribution is 2.36. The number of rotatable bonds is 2. The van der Waals surface area contributed by atoms with Crippen LogP contribution in [-0.2, 0) is 0 Å². The molecule has 3 heterocycles. The second kappa shape index (κ2) is 5.48. The molecule has 4 rings (SSSR count). The fourth-order valence-electron chi connectivity index (χ4n) is 2.56. The molecule has 1 aliphatic rings. The van der Waals surface area contributed by atoms with Crippen LogP contribution in [-0.4, -0.2) is 26.9 Å². The molecule has 0 bridgehead atoms. The molecule has 0 unspecified atom stereocenters. The van der Waals surface area contributed by atoms with Gasteiger partial charge in [-0.15, -0.1) is 0 Å². The summed E-state index contributed by atoms with van der Waals surface area (Å²) in [6.45, 7) is 0. The summed E-state index contributed by atoms with van der Waals surface area (Å²) in [7, 11) is 0. The van der Waals surface area contributed by atoms with Crippen LogP contribution in [0.1, 0.15) is 15.9 Å². The van der Waals surface area contributed by atoms with Crippen LogP contribution in [0.15, 0.2) is 41.7 Å². The number of aliphatic imine (C=N–C) groups is 1. The van der Waals surface area contributed by atoms with Crippen molar-refractivity contribution in [3.8, 4) is 11.3 Å². The van der Waals surface area contributed by atoms with Gasteiger partial charge in [0, 0.05) is 11.8 Å². The summed E-state index contributed by atoms with van der Waals surface area (Å²) in [5.41, 5.74) is 6.48. The number of fused-ring (bicyclic) bond motifs is 3. The molecule has 9 heteroatoms. The van der Waals surface area contributed by atoms with E-state index >= 15 is 0 Å². The van der Waals surface area contributed by atoms with Crippen molar-refractivity contribution >= 4 is 23.2 Å². The van der Waals surface area contributed by atoms with Crippen LogP contribution in [0, 0.1) is 11.6 Å². The minimum absolute atomic E-state index is 0.0590. The molecule has 0 radical (unpaired) electrons. The lowest BCUT2D eigenvalue weighted by Crippen LogP contribution is -2.16. The van der Waals surface area contributed by atoms with Crippen molar-refractivity contribution in [1.82, 2.24) is 15.2 Å². The number of carbonyl (C=O) groups excluding carboxylic acids is 1. The van der Waals surface area contributed by atoms with Crippen molar-refractivity contribution in [3.63, 3.8) is 0 Å². The minimum atomic E-state index is -0.770. The highest BCUT2D eigenvalue weighted by Gasteiger charge is 2.24. The molecule has 0 aliphatic carbocycles. The molecule has 4 N–H and O–H groups in total. The summed E-state index contributed by atoms with van der Waals surface area (Å²) in [5.74, 6) is -2.09. The van der Waals surface area contributed by atoms with Gasteiger partial charge in [0.1, 0.15) is 17.5 Å². The molecule has 0 saturated carbocycles. The topological polar surface area (TPSA) is 109 Å². The van der Waals surface area contributed by atoms with Crippen molar-refractivity contribution in [3.05, 3.63) is 59.4 Å². The Labute approximate surface area is 139 Å². The van der Waals surface area contributed by atoms with Gasteiger partial charge >= 0.3 is 0 Å². The van der Waals surface area contributed by atoms with E-state index in [0.717, 1.165) is 12.1 Å². The third-order valence-electron chi connectivity index (χ3n) is 3.73. The molecule has 25 heavy (non-hydrogen) atoms. The maximum Gasteiger partial charge on any atom is 0.250 e. The first kappa shape index (κ1) is 14.9. The molecule has 124 valence electrons. The number of nitrogens with two attached hydrogens (primary N) is 1. The van der Waals surface area contributed by atoms with Gasteiger partial charge in [-0.2, -0.15) is 5.10 Å². The lowest BCUT2D eigenvalue weighted by atomic mass is 10.1. The van der Waals surface area contributed by atoms with Gasteiger partial charge in [-0.05, 0) is 18.2 Å².